The summed E-state index contributed by atoms with van der Waals surface area (Å²) in [6.45, 7) is 3.34. The summed E-state index contributed by atoms with van der Waals surface area (Å²) in [7, 11) is 1.69. The van der Waals surface area contributed by atoms with Crippen LogP contribution in [0.2, 0.25) is 0 Å². The number of methoxy groups -OCH3 is 1. The van der Waals surface area contributed by atoms with Crippen LogP contribution in [0, 0.1) is 0 Å². The lowest BCUT2D eigenvalue weighted by atomic mass is 10.5. The molecule has 0 spiro atoms. The molecule has 0 radical (unpaired) electrons. The SMILES string of the molecule is COCCNCCNc1cnccn1. The Bertz CT molecular complexity index is 230. The van der Waals surface area contributed by atoms with Gasteiger partial charge in [-0.1, -0.05) is 0 Å². The van der Waals surface area contributed by atoms with Crippen LogP contribution in [0.15, 0.2) is 18.6 Å². The predicted octanol–water partition coefficient (Wildman–Crippen LogP) is 0.124. The van der Waals surface area contributed by atoms with Crippen LogP contribution < -0.4 is 10.6 Å². The number of rotatable bonds is 7. The van der Waals surface area contributed by atoms with Crippen molar-refractivity contribution in [2.24, 2.45) is 0 Å². The van der Waals surface area contributed by atoms with Crippen LogP contribution in [-0.4, -0.2) is 43.3 Å². The smallest absolute Gasteiger partial charge is 0.144 e. The van der Waals surface area contributed by atoms with Gasteiger partial charge in [-0.15, -0.1) is 0 Å². The largest absolute Gasteiger partial charge is 0.383 e. The first kappa shape index (κ1) is 10.9. The van der Waals surface area contributed by atoms with Gasteiger partial charge in [-0.25, -0.2) is 4.98 Å². The number of ether oxygens (including phenoxy) is 1. The lowest BCUT2D eigenvalue weighted by molar-refractivity contribution is 0.200. The molecule has 0 aliphatic carbocycles. The summed E-state index contributed by atoms with van der Waals surface area (Å²) in [6.07, 6.45) is 5.03. The van der Waals surface area contributed by atoms with Gasteiger partial charge in [0.1, 0.15) is 5.82 Å². The molecular weight excluding hydrogens is 180 g/mol. The van der Waals surface area contributed by atoms with Gasteiger partial charge in [0.25, 0.3) is 0 Å². The summed E-state index contributed by atoms with van der Waals surface area (Å²) in [5.41, 5.74) is 0. The van der Waals surface area contributed by atoms with Crippen LogP contribution in [0.5, 0.6) is 0 Å². The molecule has 1 aromatic rings. The third kappa shape index (κ3) is 4.74. The first-order valence-electron chi connectivity index (χ1n) is 4.63. The molecule has 0 aromatic carbocycles. The highest BCUT2D eigenvalue weighted by Gasteiger charge is 1.90. The molecule has 78 valence electrons. The summed E-state index contributed by atoms with van der Waals surface area (Å²) in [5, 5.41) is 6.37. The molecule has 0 aliphatic rings. The van der Waals surface area contributed by atoms with Gasteiger partial charge in [-0.3, -0.25) is 4.98 Å². The average molecular weight is 196 g/mol. The Morgan fingerprint density at radius 3 is 2.93 bits per heavy atom. The second-order valence-corrected chi connectivity index (χ2v) is 2.76. The van der Waals surface area contributed by atoms with Crippen molar-refractivity contribution in [3.05, 3.63) is 18.6 Å². The molecule has 5 heteroatoms. The predicted molar refractivity (Wildman–Crippen MR) is 55.3 cm³/mol. The van der Waals surface area contributed by atoms with E-state index in [0.717, 1.165) is 32.1 Å². The Hall–Kier alpha value is -1.20. The molecule has 0 atom stereocenters. The van der Waals surface area contributed by atoms with Crippen LogP contribution in [0.25, 0.3) is 0 Å². The van der Waals surface area contributed by atoms with Crippen molar-refractivity contribution in [1.29, 1.82) is 0 Å². The second-order valence-electron chi connectivity index (χ2n) is 2.76. The summed E-state index contributed by atoms with van der Waals surface area (Å²) in [6, 6.07) is 0. The minimum absolute atomic E-state index is 0.741. The van der Waals surface area contributed by atoms with Gasteiger partial charge >= 0.3 is 0 Å². The number of nitrogens with one attached hydrogen (secondary N) is 2. The number of hydrogen-bond donors (Lipinski definition) is 2. The lowest BCUT2D eigenvalue weighted by Crippen LogP contribution is -2.25. The van der Waals surface area contributed by atoms with E-state index in [1.54, 1.807) is 25.7 Å². The fourth-order valence-electron chi connectivity index (χ4n) is 0.969. The number of nitrogens with zero attached hydrogens (tertiary/aromatic N) is 2. The van der Waals surface area contributed by atoms with E-state index < -0.39 is 0 Å². The Balaban J connectivity index is 1.99. The van der Waals surface area contributed by atoms with E-state index in [1.807, 2.05) is 0 Å². The molecule has 0 unspecified atom stereocenters. The topological polar surface area (TPSA) is 59.1 Å². The van der Waals surface area contributed by atoms with E-state index in [-0.39, 0.29) is 0 Å². The van der Waals surface area contributed by atoms with Gasteiger partial charge in [0.15, 0.2) is 0 Å². The molecule has 1 rings (SSSR count). The highest BCUT2D eigenvalue weighted by molar-refractivity contribution is 5.29. The van der Waals surface area contributed by atoms with Crippen molar-refractivity contribution in [3.8, 4) is 0 Å². The van der Waals surface area contributed by atoms with Crippen molar-refractivity contribution >= 4 is 5.82 Å². The van der Waals surface area contributed by atoms with Gasteiger partial charge in [0.2, 0.25) is 0 Å². The summed E-state index contributed by atoms with van der Waals surface area (Å²) in [4.78, 5) is 8.03. The van der Waals surface area contributed by atoms with Crippen LogP contribution in [-0.2, 0) is 4.74 Å². The highest BCUT2D eigenvalue weighted by atomic mass is 16.5. The van der Waals surface area contributed by atoms with Crippen molar-refractivity contribution in [3.63, 3.8) is 0 Å². The normalized spacial score (nSPS) is 10.1. The Morgan fingerprint density at radius 1 is 1.29 bits per heavy atom. The zero-order valence-electron chi connectivity index (χ0n) is 8.36. The van der Waals surface area contributed by atoms with Gasteiger partial charge in [0.05, 0.1) is 12.8 Å². The molecule has 1 aromatic heterocycles. The summed E-state index contributed by atoms with van der Waals surface area (Å²) < 4.78 is 4.90. The quantitative estimate of drug-likeness (QED) is 0.607. The third-order valence-electron chi connectivity index (χ3n) is 1.65. The van der Waals surface area contributed by atoms with Gasteiger partial charge in [0, 0.05) is 39.1 Å². The van der Waals surface area contributed by atoms with Crippen molar-refractivity contribution < 1.29 is 4.74 Å². The molecule has 0 saturated carbocycles. The van der Waals surface area contributed by atoms with Crippen LogP contribution in [0.1, 0.15) is 0 Å². The molecule has 2 N–H and O–H groups in total. The zero-order chi connectivity index (χ0) is 10.1. The van der Waals surface area contributed by atoms with E-state index in [1.165, 1.54) is 0 Å². The first-order chi connectivity index (χ1) is 6.93. The second kappa shape index (κ2) is 7.23. The van der Waals surface area contributed by atoms with Crippen molar-refractivity contribution in [1.82, 2.24) is 15.3 Å². The summed E-state index contributed by atoms with van der Waals surface area (Å²) >= 11 is 0. The molecule has 14 heavy (non-hydrogen) atoms. The van der Waals surface area contributed by atoms with E-state index in [4.69, 9.17) is 4.74 Å². The Morgan fingerprint density at radius 2 is 2.21 bits per heavy atom. The fraction of sp³-hybridized carbons (Fsp3) is 0.556. The van der Waals surface area contributed by atoms with E-state index in [0.29, 0.717) is 0 Å². The van der Waals surface area contributed by atoms with Crippen molar-refractivity contribution in [2.75, 3.05) is 38.7 Å². The number of hydrogen-bond acceptors (Lipinski definition) is 5. The van der Waals surface area contributed by atoms with Gasteiger partial charge in [-0.05, 0) is 0 Å². The lowest BCUT2D eigenvalue weighted by Gasteiger charge is -2.05. The standard InChI is InChI=1S/C9H16N4O/c1-14-7-6-10-2-4-12-9-8-11-3-5-13-9/h3,5,8,10H,2,4,6-7H2,1H3,(H,12,13). The minimum atomic E-state index is 0.741. The zero-order valence-corrected chi connectivity index (χ0v) is 8.36. The molecule has 0 aliphatic heterocycles. The maximum absolute atomic E-state index is 4.90. The Kier molecular flexibility index (Phi) is 5.62. The van der Waals surface area contributed by atoms with E-state index in [2.05, 4.69) is 20.6 Å². The Labute approximate surface area is 83.9 Å². The van der Waals surface area contributed by atoms with Crippen LogP contribution >= 0.6 is 0 Å². The van der Waals surface area contributed by atoms with E-state index in [9.17, 15) is 0 Å². The molecule has 1 heterocycles. The van der Waals surface area contributed by atoms with E-state index >= 15 is 0 Å². The fourth-order valence-corrected chi connectivity index (χ4v) is 0.969. The van der Waals surface area contributed by atoms with Crippen LogP contribution in [0.3, 0.4) is 0 Å². The van der Waals surface area contributed by atoms with Gasteiger partial charge in [-0.2, -0.15) is 0 Å². The number of aromatic nitrogens is 2. The summed E-state index contributed by atoms with van der Waals surface area (Å²) in [5.74, 6) is 0.807. The van der Waals surface area contributed by atoms with Gasteiger partial charge < -0.3 is 15.4 Å². The highest BCUT2D eigenvalue weighted by Crippen LogP contribution is 1.94. The van der Waals surface area contributed by atoms with Crippen LogP contribution in [0.4, 0.5) is 5.82 Å². The minimum Gasteiger partial charge on any atom is -0.383 e. The molecule has 0 fully saturated rings. The molecule has 5 nitrogen and oxygen atoms in total. The molecule has 0 amide bonds. The van der Waals surface area contributed by atoms with Crippen molar-refractivity contribution in [2.45, 2.75) is 0 Å². The molecular formula is C9H16N4O. The first-order valence-corrected chi connectivity index (χ1v) is 4.63. The maximum Gasteiger partial charge on any atom is 0.144 e. The molecule has 0 saturated heterocycles. The third-order valence-corrected chi connectivity index (χ3v) is 1.65. The maximum atomic E-state index is 4.90. The molecule has 0 bridgehead atoms. The monoisotopic (exact) mass is 196 g/mol. The number of anilines is 1. The average Bonchev–Trinajstić information content (AvgIpc) is 2.25.